The number of aromatic amines is 1. The van der Waals surface area contributed by atoms with Crippen molar-refractivity contribution in [3.05, 3.63) is 41.5 Å². The predicted molar refractivity (Wildman–Crippen MR) is 74.2 cm³/mol. The van der Waals surface area contributed by atoms with E-state index < -0.39 is 29.5 Å². The summed E-state index contributed by atoms with van der Waals surface area (Å²) in [5, 5.41) is 18.6. The average molecular weight is 329 g/mol. The summed E-state index contributed by atoms with van der Waals surface area (Å²) in [6.07, 6.45) is -4.16. The number of benzene rings is 1. The Labute approximate surface area is 129 Å². The third kappa shape index (κ3) is 3.77. The minimum atomic E-state index is -4.45. The molecule has 0 amide bonds. The number of esters is 1. The summed E-state index contributed by atoms with van der Waals surface area (Å²) in [6.45, 7) is 1.68. The molecule has 1 unspecified atom stereocenters. The van der Waals surface area contributed by atoms with Gasteiger partial charge in [0.25, 0.3) is 0 Å². The van der Waals surface area contributed by atoms with Gasteiger partial charge in [-0.15, -0.1) is 0 Å². The molecule has 1 heterocycles. The number of hydrogen-bond acceptors (Lipinski definition) is 4. The molecule has 0 saturated heterocycles. The highest BCUT2D eigenvalue weighted by atomic mass is 19.4. The van der Waals surface area contributed by atoms with E-state index in [0.717, 1.165) is 18.2 Å². The molecule has 0 aliphatic rings. The maximum Gasteiger partial charge on any atom is 0.416 e. The van der Waals surface area contributed by atoms with Gasteiger partial charge in [0.05, 0.1) is 11.5 Å². The number of ether oxygens (including phenoxy) is 1. The lowest BCUT2D eigenvalue weighted by molar-refractivity contribution is -0.137. The highest BCUT2D eigenvalue weighted by molar-refractivity contribution is 5.80. The number of aromatic hydroxyl groups is 2. The van der Waals surface area contributed by atoms with Gasteiger partial charge in [0.2, 0.25) is 5.88 Å². The first kappa shape index (κ1) is 16.7. The fraction of sp³-hybridized carbons (Fsp3) is 0.267. The lowest BCUT2D eigenvalue weighted by atomic mass is 9.95. The fourth-order valence-electron chi connectivity index (χ4n) is 2.11. The lowest BCUT2D eigenvalue weighted by Crippen LogP contribution is -2.18. The molecule has 1 atom stereocenters. The van der Waals surface area contributed by atoms with Crippen molar-refractivity contribution in [3.8, 4) is 17.5 Å². The number of carbonyl (C=O) groups excluding carboxylic acids is 1. The molecule has 5 nitrogen and oxygen atoms in total. The molecule has 0 fully saturated rings. The van der Waals surface area contributed by atoms with Crippen LogP contribution in [0, 0.1) is 0 Å². The van der Waals surface area contributed by atoms with Gasteiger partial charge in [-0.1, -0.05) is 19.1 Å². The first-order chi connectivity index (χ1) is 10.7. The maximum absolute atomic E-state index is 12.5. The Bertz CT molecular complexity index is 692. The van der Waals surface area contributed by atoms with Gasteiger partial charge in [-0.05, 0) is 24.1 Å². The molecule has 23 heavy (non-hydrogen) atoms. The minimum absolute atomic E-state index is 0.252. The Morgan fingerprint density at radius 2 is 1.87 bits per heavy atom. The number of H-pyrrole nitrogens is 1. The standard InChI is InChI=1S/C15H14F3NO4/c1-2-10(8-3-5-9(6-4-8)15(16,17)18)14(22)23-11-7-12(20)19-13(11)21/h3-7,10,19-21H,2H2,1H3. The molecule has 3 N–H and O–H groups in total. The maximum atomic E-state index is 12.5. The van der Waals surface area contributed by atoms with Gasteiger partial charge in [0.1, 0.15) is 0 Å². The van der Waals surface area contributed by atoms with E-state index in [2.05, 4.69) is 4.98 Å². The van der Waals surface area contributed by atoms with Crippen LogP contribution >= 0.6 is 0 Å². The summed E-state index contributed by atoms with van der Waals surface area (Å²) in [7, 11) is 0. The normalized spacial score (nSPS) is 12.9. The van der Waals surface area contributed by atoms with Gasteiger partial charge < -0.3 is 14.9 Å². The molecule has 0 saturated carbocycles. The van der Waals surface area contributed by atoms with Crippen LogP contribution in [0.1, 0.15) is 30.4 Å². The molecule has 0 bridgehead atoms. The van der Waals surface area contributed by atoms with Crippen LogP contribution in [0.25, 0.3) is 0 Å². The van der Waals surface area contributed by atoms with Gasteiger partial charge >= 0.3 is 12.1 Å². The zero-order chi connectivity index (χ0) is 17.2. The second-order valence-electron chi connectivity index (χ2n) is 4.87. The van der Waals surface area contributed by atoms with Crippen molar-refractivity contribution >= 4 is 5.97 Å². The fourth-order valence-corrected chi connectivity index (χ4v) is 2.11. The number of aromatic nitrogens is 1. The molecular weight excluding hydrogens is 315 g/mol. The molecule has 2 aromatic rings. The number of alkyl halides is 3. The van der Waals surface area contributed by atoms with Crippen molar-refractivity contribution in [1.82, 2.24) is 4.98 Å². The van der Waals surface area contributed by atoms with Crippen molar-refractivity contribution < 1.29 is 32.9 Å². The largest absolute Gasteiger partial charge is 0.494 e. The second-order valence-corrected chi connectivity index (χ2v) is 4.87. The van der Waals surface area contributed by atoms with Crippen molar-refractivity contribution in [2.24, 2.45) is 0 Å². The molecular formula is C15H14F3NO4. The highest BCUT2D eigenvalue weighted by Crippen LogP contribution is 2.33. The van der Waals surface area contributed by atoms with E-state index in [1.165, 1.54) is 12.1 Å². The van der Waals surface area contributed by atoms with Gasteiger partial charge in [-0.25, -0.2) is 0 Å². The first-order valence-electron chi connectivity index (χ1n) is 6.72. The summed E-state index contributed by atoms with van der Waals surface area (Å²) in [5.74, 6) is -2.70. The number of nitrogens with one attached hydrogen (secondary N) is 1. The van der Waals surface area contributed by atoms with E-state index >= 15 is 0 Å². The molecule has 0 spiro atoms. The Balaban J connectivity index is 2.18. The zero-order valence-corrected chi connectivity index (χ0v) is 12.0. The van der Waals surface area contributed by atoms with E-state index in [0.29, 0.717) is 12.0 Å². The average Bonchev–Trinajstić information content (AvgIpc) is 2.77. The summed E-state index contributed by atoms with van der Waals surface area (Å²) >= 11 is 0. The zero-order valence-electron chi connectivity index (χ0n) is 12.0. The Morgan fingerprint density at radius 1 is 1.26 bits per heavy atom. The molecule has 8 heteroatoms. The summed E-state index contributed by atoms with van der Waals surface area (Å²) in [4.78, 5) is 14.3. The van der Waals surface area contributed by atoms with Crippen LogP contribution in [0.15, 0.2) is 30.3 Å². The van der Waals surface area contributed by atoms with Crippen LogP contribution in [0.5, 0.6) is 17.5 Å². The third-order valence-corrected chi connectivity index (χ3v) is 3.29. The van der Waals surface area contributed by atoms with Crippen LogP contribution in [-0.2, 0) is 11.0 Å². The molecule has 124 valence electrons. The number of rotatable bonds is 4. The molecule has 2 rings (SSSR count). The molecule has 0 aliphatic heterocycles. The predicted octanol–water partition coefficient (Wildman–Crippen LogP) is 3.54. The Kier molecular flexibility index (Phi) is 4.53. The van der Waals surface area contributed by atoms with E-state index in [-0.39, 0.29) is 11.6 Å². The Hall–Kier alpha value is -2.64. The van der Waals surface area contributed by atoms with E-state index in [9.17, 15) is 23.1 Å². The quantitative estimate of drug-likeness (QED) is 0.749. The number of hydrogen-bond donors (Lipinski definition) is 3. The smallest absolute Gasteiger partial charge is 0.416 e. The number of halogens is 3. The third-order valence-electron chi connectivity index (χ3n) is 3.29. The summed E-state index contributed by atoms with van der Waals surface area (Å²) in [5.41, 5.74) is -0.442. The second kappa shape index (κ2) is 6.23. The van der Waals surface area contributed by atoms with Gasteiger partial charge in [0, 0.05) is 6.07 Å². The van der Waals surface area contributed by atoms with Crippen LogP contribution in [0.2, 0.25) is 0 Å². The first-order valence-corrected chi connectivity index (χ1v) is 6.72. The van der Waals surface area contributed by atoms with Crippen LogP contribution < -0.4 is 4.74 Å². The van der Waals surface area contributed by atoms with Gasteiger partial charge in [-0.3, -0.25) is 9.78 Å². The van der Waals surface area contributed by atoms with Crippen molar-refractivity contribution in [2.75, 3.05) is 0 Å². The van der Waals surface area contributed by atoms with Crippen LogP contribution in [-0.4, -0.2) is 21.2 Å². The lowest BCUT2D eigenvalue weighted by Gasteiger charge is -2.15. The SMILES string of the molecule is CCC(C(=O)Oc1cc(O)[nH]c1O)c1ccc(C(F)(F)F)cc1. The molecule has 1 aromatic heterocycles. The topological polar surface area (TPSA) is 82.5 Å². The highest BCUT2D eigenvalue weighted by Gasteiger charge is 2.31. The monoisotopic (exact) mass is 329 g/mol. The molecule has 0 radical (unpaired) electrons. The van der Waals surface area contributed by atoms with Crippen molar-refractivity contribution in [3.63, 3.8) is 0 Å². The van der Waals surface area contributed by atoms with Gasteiger partial charge in [-0.2, -0.15) is 13.2 Å². The summed E-state index contributed by atoms with van der Waals surface area (Å²) < 4.78 is 42.6. The molecule has 0 aliphatic carbocycles. The van der Waals surface area contributed by atoms with Crippen molar-refractivity contribution in [2.45, 2.75) is 25.4 Å². The summed E-state index contributed by atoms with van der Waals surface area (Å²) in [6, 6.07) is 5.24. The van der Waals surface area contributed by atoms with Gasteiger partial charge in [0.15, 0.2) is 11.6 Å². The van der Waals surface area contributed by atoms with Crippen LogP contribution in [0.4, 0.5) is 13.2 Å². The van der Waals surface area contributed by atoms with E-state index in [1.54, 1.807) is 6.92 Å². The Morgan fingerprint density at radius 3 is 2.30 bits per heavy atom. The van der Waals surface area contributed by atoms with Crippen molar-refractivity contribution in [1.29, 1.82) is 0 Å². The minimum Gasteiger partial charge on any atom is -0.494 e. The molecule has 1 aromatic carbocycles. The van der Waals surface area contributed by atoms with E-state index in [1.807, 2.05) is 0 Å². The van der Waals surface area contributed by atoms with E-state index in [4.69, 9.17) is 9.84 Å². The van der Waals surface area contributed by atoms with Crippen LogP contribution in [0.3, 0.4) is 0 Å². The number of carbonyl (C=O) groups is 1.